The van der Waals surface area contributed by atoms with Crippen LogP contribution in [0.4, 0.5) is 45.5 Å². The maximum atomic E-state index is 3.55. The van der Waals surface area contributed by atoms with Crippen LogP contribution in [-0.4, -0.2) is 0 Å². The highest BCUT2D eigenvalue weighted by Crippen LogP contribution is 2.38. The molecule has 0 saturated heterocycles. The van der Waals surface area contributed by atoms with Gasteiger partial charge in [-0.25, -0.2) is 0 Å². The van der Waals surface area contributed by atoms with E-state index < -0.39 is 0 Å². The van der Waals surface area contributed by atoms with E-state index >= 15 is 0 Å². The zero-order chi connectivity index (χ0) is 36.4. The second-order valence-corrected chi connectivity index (χ2v) is 13.2. The summed E-state index contributed by atoms with van der Waals surface area (Å²) in [4.78, 5) is 4.60. The van der Waals surface area contributed by atoms with Crippen molar-refractivity contribution in [3.05, 3.63) is 230 Å². The topological polar surface area (TPSA) is 30.5 Å². The van der Waals surface area contributed by atoms with E-state index in [9.17, 15) is 0 Å². The predicted octanol–water partition coefficient (Wildman–Crippen LogP) is 13.5. The lowest BCUT2D eigenvalue weighted by molar-refractivity contribution is 1.15. The third-order valence-corrected chi connectivity index (χ3v) is 9.54. The normalized spacial score (nSPS) is 10.7. The second-order valence-electron chi connectivity index (χ2n) is 13.2. The van der Waals surface area contributed by atoms with Gasteiger partial charge in [-0.15, -0.1) is 0 Å². The number of hydrogen-bond acceptors (Lipinski definition) is 4. The van der Waals surface area contributed by atoms with Crippen LogP contribution in [0.25, 0.3) is 11.1 Å². The molecule has 0 heterocycles. The SMILES string of the molecule is c1ccc(CNc2ccc(N(c3ccccc3)c3ccc(-c4ccc(N(c5ccccc5)c5ccc(NCc6ccccc6)cc5)cc4)cc3)cc2)cc1. The summed E-state index contributed by atoms with van der Waals surface area (Å²) in [6, 6.07) is 77.1. The first-order chi connectivity index (χ1) is 26.8. The monoisotopic (exact) mass is 698 g/mol. The molecule has 0 fully saturated rings. The molecule has 8 rings (SSSR count). The van der Waals surface area contributed by atoms with Crippen molar-refractivity contribution in [1.82, 2.24) is 0 Å². The van der Waals surface area contributed by atoms with E-state index in [0.29, 0.717) is 0 Å². The molecule has 0 saturated carbocycles. The molecule has 0 bridgehead atoms. The summed E-state index contributed by atoms with van der Waals surface area (Å²) in [6.07, 6.45) is 0. The molecule has 54 heavy (non-hydrogen) atoms. The van der Waals surface area contributed by atoms with Crippen LogP contribution >= 0.6 is 0 Å². The Morgan fingerprint density at radius 3 is 0.833 bits per heavy atom. The first kappa shape index (κ1) is 34.1. The summed E-state index contributed by atoms with van der Waals surface area (Å²) in [7, 11) is 0. The van der Waals surface area contributed by atoms with Gasteiger partial charge in [-0.05, 0) is 119 Å². The predicted molar refractivity (Wildman–Crippen MR) is 229 cm³/mol. The first-order valence-electron chi connectivity index (χ1n) is 18.4. The van der Waals surface area contributed by atoms with Crippen molar-refractivity contribution in [2.45, 2.75) is 13.1 Å². The lowest BCUT2D eigenvalue weighted by atomic mass is 10.0. The molecule has 0 aliphatic carbocycles. The Morgan fingerprint density at radius 2 is 0.519 bits per heavy atom. The molecule has 262 valence electrons. The van der Waals surface area contributed by atoms with E-state index in [2.05, 4.69) is 227 Å². The van der Waals surface area contributed by atoms with Gasteiger partial charge in [-0.2, -0.15) is 0 Å². The molecule has 0 aromatic heterocycles. The number of para-hydroxylation sites is 2. The number of benzene rings is 8. The third-order valence-electron chi connectivity index (χ3n) is 9.54. The molecular weight excluding hydrogens is 657 g/mol. The zero-order valence-corrected chi connectivity index (χ0v) is 30.1. The Morgan fingerprint density at radius 1 is 0.259 bits per heavy atom. The molecule has 0 amide bonds. The van der Waals surface area contributed by atoms with Gasteiger partial charge >= 0.3 is 0 Å². The molecule has 4 heteroatoms. The maximum absolute atomic E-state index is 3.55. The van der Waals surface area contributed by atoms with Crippen molar-refractivity contribution in [3.63, 3.8) is 0 Å². The Kier molecular flexibility index (Phi) is 10.4. The summed E-state index contributed by atoms with van der Waals surface area (Å²) in [5.41, 5.74) is 13.7. The van der Waals surface area contributed by atoms with Gasteiger partial charge < -0.3 is 20.4 Å². The highest BCUT2D eigenvalue weighted by Gasteiger charge is 2.15. The molecule has 4 nitrogen and oxygen atoms in total. The molecule has 0 aliphatic rings. The zero-order valence-electron chi connectivity index (χ0n) is 30.1. The van der Waals surface area contributed by atoms with Gasteiger partial charge in [-0.1, -0.05) is 121 Å². The molecule has 0 unspecified atom stereocenters. The van der Waals surface area contributed by atoms with Crippen LogP contribution in [0.5, 0.6) is 0 Å². The molecule has 0 aliphatic heterocycles. The molecule has 2 N–H and O–H groups in total. The van der Waals surface area contributed by atoms with Gasteiger partial charge in [0.1, 0.15) is 0 Å². The fourth-order valence-electron chi connectivity index (χ4n) is 6.71. The maximum Gasteiger partial charge on any atom is 0.0463 e. The van der Waals surface area contributed by atoms with Gasteiger partial charge in [0.05, 0.1) is 0 Å². The minimum absolute atomic E-state index is 0.787. The summed E-state index contributed by atoms with van der Waals surface area (Å²) in [6.45, 7) is 1.57. The number of rotatable bonds is 13. The van der Waals surface area contributed by atoms with Gasteiger partial charge in [-0.3, -0.25) is 0 Å². The van der Waals surface area contributed by atoms with Crippen LogP contribution < -0.4 is 20.4 Å². The number of hydrogen-bond donors (Lipinski definition) is 2. The van der Waals surface area contributed by atoms with Crippen LogP contribution in [0.15, 0.2) is 218 Å². The average molecular weight is 699 g/mol. The molecule has 0 atom stereocenters. The highest BCUT2D eigenvalue weighted by molar-refractivity contribution is 5.81. The van der Waals surface area contributed by atoms with Crippen LogP contribution in [0.1, 0.15) is 11.1 Å². The van der Waals surface area contributed by atoms with E-state index in [1.54, 1.807) is 0 Å². The van der Waals surface area contributed by atoms with E-state index in [-0.39, 0.29) is 0 Å². The van der Waals surface area contributed by atoms with Crippen LogP contribution in [0, 0.1) is 0 Å². The van der Waals surface area contributed by atoms with Crippen molar-refractivity contribution in [2.24, 2.45) is 0 Å². The smallest absolute Gasteiger partial charge is 0.0463 e. The highest BCUT2D eigenvalue weighted by atomic mass is 15.1. The van der Waals surface area contributed by atoms with E-state index in [1.807, 2.05) is 12.1 Å². The minimum atomic E-state index is 0.787. The minimum Gasteiger partial charge on any atom is -0.381 e. The number of nitrogens with one attached hydrogen (secondary N) is 2. The Bertz CT molecular complexity index is 2160. The lowest BCUT2D eigenvalue weighted by Gasteiger charge is -2.26. The summed E-state index contributed by atoms with van der Waals surface area (Å²) in [5.74, 6) is 0. The standard InChI is InChI=1S/C50H42N4/c1-5-13-39(14-6-1)37-51-43-25-33-49(34-26-43)53(45-17-9-3-10-18-45)47-29-21-41(22-30-47)42-23-31-48(32-24-42)54(46-19-11-4-12-20-46)50-35-27-44(28-36-50)52-38-40-15-7-2-8-16-40/h1-36,51-52H,37-38H2. The van der Waals surface area contributed by atoms with E-state index in [4.69, 9.17) is 0 Å². The fourth-order valence-corrected chi connectivity index (χ4v) is 6.71. The quantitative estimate of drug-likeness (QED) is 0.125. The molecule has 8 aromatic rings. The van der Waals surface area contributed by atoms with Crippen molar-refractivity contribution in [1.29, 1.82) is 0 Å². The summed E-state index contributed by atoms with van der Waals surface area (Å²) in [5, 5.41) is 7.10. The van der Waals surface area contributed by atoms with Gasteiger partial charge in [0, 0.05) is 58.6 Å². The molecule has 0 radical (unpaired) electrons. The van der Waals surface area contributed by atoms with Crippen LogP contribution in [0.3, 0.4) is 0 Å². The molecular formula is C50H42N4. The Balaban J connectivity index is 1.01. The second kappa shape index (κ2) is 16.5. The van der Waals surface area contributed by atoms with E-state index in [0.717, 1.165) is 58.6 Å². The number of nitrogens with zero attached hydrogens (tertiary/aromatic N) is 2. The van der Waals surface area contributed by atoms with Crippen LogP contribution in [-0.2, 0) is 13.1 Å². The molecule has 0 spiro atoms. The van der Waals surface area contributed by atoms with Gasteiger partial charge in [0.15, 0.2) is 0 Å². The third kappa shape index (κ3) is 8.20. The number of anilines is 8. The molecule has 8 aromatic carbocycles. The lowest BCUT2D eigenvalue weighted by Crippen LogP contribution is -2.10. The Hall–Kier alpha value is -7.04. The van der Waals surface area contributed by atoms with E-state index in [1.165, 1.54) is 22.3 Å². The summed E-state index contributed by atoms with van der Waals surface area (Å²) < 4.78 is 0. The van der Waals surface area contributed by atoms with Gasteiger partial charge in [0.25, 0.3) is 0 Å². The van der Waals surface area contributed by atoms with Gasteiger partial charge in [0.2, 0.25) is 0 Å². The van der Waals surface area contributed by atoms with Crippen molar-refractivity contribution in [2.75, 3.05) is 20.4 Å². The van der Waals surface area contributed by atoms with Crippen molar-refractivity contribution < 1.29 is 0 Å². The summed E-state index contributed by atoms with van der Waals surface area (Å²) >= 11 is 0. The van der Waals surface area contributed by atoms with Crippen molar-refractivity contribution >= 4 is 45.5 Å². The fraction of sp³-hybridized carbons (Fsp3) is 0.0400. The first-order valence-corrected chi connectivity index (χ1v) is 18.4. The van der Waals surface area contributed by atoms with Crippen molar-refractivity contribution in [3.8, 4) is 11.1 Å². The largest absolute Gasteiger partial charge is 0.381 e. The Labute approximate surface area is 318 Å². The van der Waals surface area contributed by atoms with Crippen LogP contribution in [0.2, 0.25) is 0 Å². The average Bonchev–Trinajstić information content (AvgIpc) is 3.25.